The van der Waals surface area contributed by atoms with Crippen LogP contribution in [0.4, 0.5) is 10.5 Å². The van der Waals surface area contributed by atoms with Gasteiger partial charge in [-0.05, 0) is 50.5 Å². The van der Waals surface area contributed by atoms with Crippen LogP contribution in [-0.2, 0) is 20.9 Å². The maximum atomic E-state index is 13.1. The van der Waals surface area contributed by atoms with Gasteiger partial charge in [-0.15, -0.1) is 0 Å². The first-order valence-corrected chi connectivity index (χ1v) is 11.0. The highest BCUT2D eigenvalue weighted by Crippen LogP contribution is 2.34. The highest BCUT2D eigenvalue weighted by atomic mass is 16.6. The molecule has 0 aromatic heterocycles. The zero-order chi connectivity index (χ0) is 23.3. The largest absolute Gasteiger partial charge is 0.438 e. The second-order valence-electron chi connectivity index (χ2n) is 8.45. The molecule has 1 aliphatic rings. The summed E-state index contributed by atoms with van der Waals surface area (Å²) in [6.07, 6.45) is -0.0503. The number of hydrogen-bond acceptors (Lipinski definition) is 4. The van der Waals surface area contributed by atoms with Crippen molar-refractivity contribution < 1.29 is 19.1 Å². The van der Waals surface area contributed by atoms with Gasteiger partial charge in [0.25, 0.3) is 0 Å². The maximum Gasteiger partial charge on any atom is 0.411 e. The van der Waals surface area contributed by atoms with Gasteiger partial charge < -0.3 is 15.4 Å². The molecule has 7 heteroatoms. The van der Waals surface area contributed by atoms with Crippen LogP contribution < -0.4 is 10.6 Å². The fourth-order valence-electron chi connectivity index (χ4n) is 3.68. The van der Waals surface area contributed by atoms with Gasteiger partial charge in [0.05, 0.1) is 6.54 Å². The molecule has 0 bridgehead atoms. The van der Waals surface area contributed by atoms with Gasteiger partial charge in [-0.1, -0.05) is 48.9 Å². The Morgan fingerprint density at radius 1 is 1.06 bits per heavy atom. The van der Waals surface area contributed by atoms with E-state index in [0.717, 1.165) is 17.5 Å². The standard InChI is InChI=1S/C25H31N3O4/c1-5-6-21(29)27-20-13-11-19(12-14-20)23-22(24(30)26-16(2)3)28(25(31)32-23)15-18-9-7-17(4)8-10-18/h7-14,16,22-23H,5-6,15H2,1-4H3,(H,26,30)(H,27,29). The van der Waals surface area contributed by atoms with E-state index in [1.807, 2.05) is 52.0 Å². The number of amides is 3. The predicted octanol–water partition coefficient (Wildman–Crippen LogP) is 4.32. The molecule has 1 saturated heterocycles. The molecule has 3 rings (SSSR count). The minimum atomic E-state index is -0.799. The van der Waals surface area contributed by atoms with Crippen LogP contribution >= 0.6 is 0 Å². The quantitative estimate of drug-likeness (QED) is 0.644. The highest BCUT2D eigenvalue weighted by molar-refractivity contribution is 5.91. The second-order valence-corrected chi connectivity index (χ2v) is 8.45. The average Bonchev–Trinajstić information content (AvgIpc) is 3.06. The molecule has 2 atom stereocenters. The number of anilines is 1. The Kier molecular flexibility index (Phi) is 7.51. The Bertz CT molecular complexity index is 954. The fourth-order valence-corrected chi connectivity index (χ4v) is 3.68. The fraction of sp³-hybridized carbons (Fsp3) is 0.400. The van der Waals surface area contributed by atoms with E-state index in [1.165, 1.54) is 4.90 Å². The van der Waals surface area contributed by atoms with Crippen molar-refractivity contribution in [2.45, 2.75) is 65.3 Å². The predicted molar refractivity (Wildman–Crippen MR) is 123 cm³/mol. The Hall–Kier alpha value is -3.35. The normalized spacial score (nSPS) is 17.9. The van der Waals surface area contributed by atoms with Crippen molar-refractivity contribution in [3.8, 4) is 0 Å². The lowest BCUT2D eigenvalue weighted by molar-refractivity contribution is -0.126. The summed E-state index contributed by atoms with van der Waals surface area (Å²) in [5.41, 5.74) is 3.40. The summed E-state index contributed by atoms with van der Waals surface area (Å²) < 4.78 is 5.67. The van der Waals surface area contributed by atoms with E-state index in [4.69, 9.17) is 4.74 Å². The topological polar surface area (TPSA) is 87.7 Å². The Morgan fingerprint density at radius 3 is 2.31 bits per heavy atom. The van der Waals surface area contributed by atoms with Crippen LogP contribution in [0.1, 0.15) is 56.4 Å². The van der Waals surface area contributed by atoms with E-state index in [9.17, 15) is 14.4 Å². The monoisotopic (exact) mass is 437 g/mol. The molecule has 0 saturated carbocycles. The minimum absolute atomic E-state index is 0.0500. The van der Waals surface area contributed by atoms with Gasteiger partial charge in [-0.2, -0.15) is 0 Å². The van der Waals surface area contributed by atoms with Crippen molar-refractivity contribution in [1.82, 2.24) is 10.2 Å². The summed E-state index contributed by atoms with van der Waals surface area (Å²) in [7, 11) is 0. The summed E-state index contributed by atoms with van der Waals surface area (Å²) in [4.78, 5) is 39.2. The first-order chi connectivity index (χ1) is 15.3. The van der Waals surface area contributed by atoms with Crippen molar-refractivity contribution >= 4 is 23.6 Å². The summed E-state index contributed by atoms with van der Waals surface area (Å²) in [6.45, 7) is 7.97. The molecule has 2 N–H and O–H groups in total. The van der Waals surface area contributed by atoms with Crippen molar-refractivity contribution in [1.29, 1.82) is 0 Å². The Balaban J connectivity index is 1.84. The lowest BCUT2D eigenvalue weighted by Crippen LogP contribution is -2.48. The summed E-state index contributed by atoms with van der Waals surface area (Å²) in [5, 5.41) is 5.75. The molecular formula is C25H31N3O4. The number of carbonyl (C=O) groups excluding carboxylic acids is 3. The molecule has 0 spiro atoms. The van der Waals surface area contributed by atoms with E-state index >= 15 is 0 Å². The van der Waals surface area contributed by atoms with Gasteiger partial charge in [0.2, 0.25) is 11.8 Å². The number of carbonyl (C=O) groups is 3. The highest BCUT2D eigenvalue weighted by Gasteiger charge is 2.47. The average molecular weight is 438 g/mol. The number of rotatable bonds is 8. The molecule has 2 aromatic carbocycles. The smallest absolute Gasteiger partial charge is 0.411 e. The van der Waals surface area contributed by atoms with Crippen LogP contribution in [0.2, 0.25) is 0 Å². The molecule has 1 fully saturated rings. The molecule has 1 heterocycles. The summed E-state index contributed by atoms with van der Waals surface area (Å²) in [6, 6.07) is 14.1. The molecule has 32 heavy (non-hydrogen) atoms. The number of aryl methyl sites for hydroxylation is 1. The number of benzene rings is 2. The van der Waals surface area contributed by atoms with Crippen molar-refractivity contribution in [3.05, 3.63) is 65.2 Å². The Morgan fingerprint density at radius 2 is 1.72 bits per heavy atom. The van der Waals surface area contributed by atoms with Gasteiger partial charge in [0.1, 0.15) is 0 Å². The van der Waals surface area contributed by atoms with E-state index in [0.29, 0.717) is 17.7 Å². The SMILES string of the molecule is CCCC(=O)Nc1ccc(C2OC(=O)N(Cc3ccc(C)cc3)C2C(=O)NC(C)C)cc1. The first kappa shape index (κ1) is 23.3. The van der Waals surface area contributed by atoms with Gasteiger partial charge in [-0.25, -0.2) is 4.79 Å². The minimum Gasteiger partial charge on any atom is -0.438 e. The van der Waals surface area contributed by atoms with E-state index in [1.54, 1.807) is 24.3 Å². The van der Waals surface area contributed by atoms with Crippen LogP contribution in [0.3, 0.4) is 0 Å². The third-order valence-electron chi connectivity index (χ3n) is 5.26. The zero-order valence-corrected chi connectivity index (χ0v) is 19.1. The van der Waals surface area contributed by atoms with E-state index in [2.05, 4.69) is 10.6 Å². The van der Waals surface area contributed by atoms with Gasteiger partial charge >= 0.3 is 6.09 Å². The number of ether oxygens (including phenoxy) is 1. The number of nitrogens with zero attached hydrogens (tertiary/aromatic N) is 1. The number of nitrogens with one attached hydrogen (secondary N) is 2. The molecule has 1 aliphatic heterocycles. The summed E-state index contributed by atoms with van der Waals surface area (Å²) in [5.74, 6) is -0.311. The first-order valence-electron chi connectivity index (χ1n) is 11.0. The molecule has 170 valence electrons. The maximum absolute atomic E-state index is 13.1. The molecule has 3 amide bonds. The van der Waals surface area contributed by atoms with Crippen LogP contribution in [0.25, 0.3) is 0 Å². The van der Waals surface area contributed by atoms with Crippen LogP contribution in [0, 0.1) is 6.92 Å². The zero-order valence-electron chi connectivity index (χ0n) is 19.1. The van der Waals surface area contributed by atoms with Crippen molar-refractivity contribution in [2.75, 3.05) is 5.32 Å². The lowest BCUT2D eigenvalue weighted by atomic mass is 10.00. The van der Waals surface area contributed by atoms with Gasteiger partial charge in [0, 0.05) is 18.2 Å². The molecule has 2 unspecified atom stereocenters. The number of hydrogen-bond donors (Lipinski definition) is 2. The third-order valence-corrected chi connectivity index (χ3v) is 5.26. The molecule has 2 aromatic rings. The van der Waals surface area contributed by atoms with Gasteiger partial charge in [-0.3, -0.25) is 14.5 Å². The number of cyclic esters (lactones) is 1. The lowest BCUT2D eigenvalue weighted by Gasteiger charge is -2.25. The molecule has 0 aliphatic carbocycles. The van der Waals surface area contributed by atoms with E-state index in [-0.39, 0.29) is 24.4 Å². The summed E-state index contributed by atoms with van der Waals surface area (Å²) >= 11 is 0. The molecule has 7 nitrogen and oxygen atoms in total. The van der Waals surface area contributed by atoms with Gasteiger partial charge in [0.15, 0.2) is 12.1 Å². The second kappa shape index (κ2) is 10.3. The van der Waals surface area contributed by atoms with Crippen LogP contribution in [-0.4, -0.2) is 34.9 Å². The van der Waals surface area contributed by atoms with Crippen LogP contribution in [0.5, 0.6) is 0 Å². The molecular weight excluding hydrogens is 406 g/mol. The van der Waals surface area contributed by atoms with E-state index < -0.39 is 18.2 Å². The van der Waals surface area contributed by atoms with Crippen molar-refractivity contribution in [3.63, 3.8) is 0 Å². The Labute approximate surface area is 189 Å². The molecule has 0 radical (unpaired) electrons. The third kappa shape index (κ3) is 5.66. The van der Waals surface area contributed by atoms with Crippen molar-refractivity contribution in [2.24, 2.45) is 0 Å². The van der Waals surface area contributed by atoms with Crippen LogP contribution in [0.15, 0.2) is 48.5 Å².